The van der Waals surface area contributed by atoms with E-state index in [1.54, 1.807) is 23.0 Å². The molecule has 0 fully saturated rings. The Bertz CT molecular complexity index is 597. The van der Waals surface area contributed by atoms with Crippen LogP contribution in [0.5, 0.6) is 11.5 Å². The van der Waals surface area contributed by atoms with Crippen molar-refractivity contribution >= 4 is 15.9 Å². The molecule has 2 aromatic rings. The van der Waals surface area contributed by atoms with Crippen molar-refractivity contribution in [2.75, 3.05) is 6.79 Å². The van der Waals surface area contributed by atoms with Gasteiger partial charge in [-0.3, -0.25) is 4.68 Å². The lowest BCUT2D eigenvalue weighted by atomic mass is 10.1. The largest absolute Gasteiger partial charge is 0.454 e. The molecule has 0 bridgehead atoms. The molecular formula is C12H11BrN2O3. The van der Waals surface area contributed by atoms with Crippen LogP contribution in [0.2, 0.25) is 0 Å². The van der Waals surface area contributed by atoms with E-state index in [1.807, 2.05) is 13.1 Å². The molecule has 0 amide bonds. The van der Waals surface area contributed by atoms with Crippen molar-refractivity contribution in [3.05, 3.63) is 40.1 Å². The molecule has 1 unspecified atom stereocenters. The number of fused-ring (bicyclic) bond motifs is 1. The SMILES string of the molecule is Cn1ccc(C(O)c2cc(Br)c3c(c2)OCO3)n1. The highest BCUT2D eigenvalue weighted by molar-refractivity contribution is 9.10. The van der Waals surface area contributed by atoms with E-state index in [-0.39, 0.29) is 6.79 Å². The second-order valence-electron chi connectivity index (χ2n) is 4.05. The van der Waals surface area contributed by atoms with Gasteiger partial charge in [0.25, 0.3) is 0 Å². The summed E-state index contributed by atoms with van der Waals surface area (Å²) in [5, 5.41) is 14.5. The van der Waals surface area contributed by atoms with E-state index in [4.69, 9.17) is 9.47 Å². The minimum Gasteiger partial charge on any atom is -0.454 e. The minimum absolute atomic E-state index is 0.205. The van der Waals surface area contributed by atoms with Crippen LogP contribution in [-0.2, 0) is 7.05 Å². The summed E-state index contributed by atoms with van der Waals surface area (Å²) < 4.78 is 13.0. The third-order valence-corrected chi connectivity index (χ3v) is 3.37. The number of hydrogen-bond donors (Lipinski definition) is 1. The molecule has 1 aliphatic heterocycles. The van der Waals surface area contributed by atoms with Crippen LogP contribution < -0.4 is 9.47 Å². The van der Waals surface area contributed by atoms with Crippen molar-refractivity contribution < 1.29 is 14.6 Å². The summed E-state index contributed by atoms with van der Waals surface area (Å²) in [6.45, 7) is 0.205. The number of nitrogens with zero attached hydrogens (tertiary/aromatic N) is 2. The first-order chi connectivity index (χ1) is 8.65. The molecule has 1 aliphatic rings. The van der Waals surface area contributed by atoms with Gasteiger partial charge >= 0.3 is 0 Å². The Morgan fingerprint density at radius 2 is 2.28 bits per heavy atom. The average Bonchev–Trinajstić information content (AvgIpc) is 2.96. The van der Waals surface area contributed by atoms with Crippen molar-refractivity contribution in [3.8, 4) is 11.5 Å². The van der Waals surface area contributed by atoms with Crippen LogP contribution in [0.1, 0.15) is 17.4 Å². The highest BCUT2D eigenvalue weighted by atomic mass is 79.9. The van der Waals surface area contributed by atoms with Crippen LogP contribution in [-0.4, -0.2) is 21.7 Å². The molecule has 0 radical (unpaired) electrons. The summed E-state index contributed by atoms with van der Waals surface area (Å²) in [6, 6.07) is 5.36. The van der Waals surface area contributed by atoms with Crippen molar-refractivity contribution in [1.29, 1.82) is 0 Å². The summed E-state index contributed by atoms with van der Waals surface area (Å²) in [7, 11) is 1.81. The molecule has 18 heavy (non-hydrogen) atoms. The van der Waals surface area contributed by atoms with Crippen LogP contribution in [0.25, 0.3) is 0 Å². The Morgan fingerprint density at radius 3 is 3.00 bits per heavy atom. The van der Waals surface area contributed by atoms with Crippen LogP contribution in [0.15, 0.2) is 28.9 Å². The average molecular weight is 311 g/mol. The second-order valence-corrected chi connectivity index (χ2v) is 4.91. The predicted octanol–water partition coefficient (Wildman–Crippen LogP) is 1.99. The first-order valence-electron chi connectivity index (χ1n) is 5.42. The zero-order valence-corrected chi connectivity index (χ0v) is 11.2. The molecule has 0 spiro atoms. The molecular weight excluding hydrogens is 300 g/mol. The molecule has 1 aromatic heterocycles. The number of aliphatic hydroxyl groups is 1. The molecule has 3 rings (SSSR count). The monoisotopic (exact) mass is 310 g/mol. The van der Waals surface area contributed by atoms with Gasteiger partial charge in [0.05, 0.1) is 10.2 Å². The van der Waals surface area contributed by atoms with Crippen molar-refractivity contribution in [2.24, 2.45) is 7.05 Å². The van der Waals surface area contributed by atoms with E-state index in [1.165, 1.54) is 0 Å². The van der Waals surface area contributed by atoms with Gasteiger partial charge in [-0.15, -0.1) is 0 Å². The third-order valence-electron chi connectivity index (χ3n) is 2.78. The number of hydrogen-bond acceptors (Lipinski definition) is 4. The topological polar surface area (TPSA) is 56.5 Å². The molecule has 6 heteroatoms. The second kappa shape index (κ2) is 4.29. The maximum absolute atomic E-state index is 10.3. The number of rotatable bonds is 2. The van der Waals surface area contributed by atoms with E-state index < -0.39 is 6.10 Å². The van der Waals surface area contributed by atoms with E-state index in [2.05, 4.69) is 21.0 Å². The summed E-state index contributed by atoms with van der Waals surface area (Å²) in [5.41, 5.74) is 1.31. The van der Waals surface area contributed by atoms with Gasteiger partial charge in [0.15, 0.2) is 11.5 Å². The Hall–Kier alpha value is -1.53. The van der Waals surface area contributed by atoms with Crippen molar-refractivity contribution in [1.82, 2.24) is 9.78 Å². The molecule has 1 atom stereocenters. The lowest BCUT2D eigenvalue weighted by molar-refractivity contribution is 0.173. The molecule has 0 saturated carbocycles. The number of ether oxygens (including phenoxy) is 2. The Kier molecular flexibility index (Phi) is 2.76. The number of aromatic nitrogens is 2. The lowest BCUT2D eigenvalue weighted by Gasteiger charge is -2.10. The number of halogens is 1. The predicted molar refractivity (Wildman–Crippen MR) is 67.5 cm³/mol. The van der Waals surface area contributed by atoms with Crippen LogP contribution in [0, 0.1) is 0 Å². The van der Waals surface area contributed by atoms with Gasteiger partial charge in [0, 0.05) is 13.2 Å². The standard InChI is InChI=1S/C12H11BrN2O3/c1-15-3-2-9(14-15)11(16)7-4-8(13)12-10(5-7)17-6-18-12/h2-5,11,16H,6H2,1H3. The summed E-state index contributed by atoms with van der Waals surface area (Å²) in [4.78, 5) is 0. The smallest absolute Gasteiger partial charge is 0.231 e. The van der Waals surface area contributed by atoms with Gasteiger partial charge in [-0.1, -0.05) is 0 Å². The number of aliphatic hydroxyl groups excluding tert-OH is 1. The molecule has 2 heterocycles. The Labute approximate surface area is 112 Å². The molecule has 94 valence electrons. The minimum atomic E-state index is -0.781. The van der Waals surface area contributed by atoms with E-state index in [9.17, 15) is 5.11 Å². The maximum Gasteiger partial charge on any atom is 0.231 e. The van der Waals surface area contributed by atoms with Crippen molar-refractivity contribution in [3.63, 3.8) is 0 Å². The van der Waals surface area contributed by atoms with Gasteiger partial charge in [0.2, 0.25) is 6.79 Å². The first kappa shape index (κ1) is 11.6. The third kappa shape index (κ3) is 1.87. The summed E-state index contributed by atoms with van der Waals surface area (Å²) >= 11 is 3.40. The quantitative estimate of drug-likeness (QED) is 0.921. The Morgan fingerprint density at radius 1 is 1.44 bits per heavy atom. The fraction of sp³-hybridized carbons (Fsp3) is 0.250. The Balaban J connectivity index is 2.00. The molecule has 1 aromatic carbocycles. The van der Waals surface area contributed by atoms with E-state index in [0.29, 0.717) is 22.8 Å². The van der Waals surface area contributed by atoms with Gasteiger partial charge < -0.3 is 14.6 Å². The van der Waals surface area contributed by atoms with Crippen LogP contribution in [0.3, 0.4) is 0 Å². The van der Waals surface area contributed by atoms with Gasteiger partial charge in [-0.2, -0.15) is 5.10 Å². The van der Waals surface area contributed by atoms with Gasteiger partial charge in [0.1, 0.15) is 6.10 Å². The van der Waals surface area contributed by atoms with Crippen LogP contribution in [0.4, 0.5) is 0 Å². The van der Waals surface area contributed by atoms with E-state index in [0.717, 1.165) is 4.47 Å². The molecule has 5 nitrogen and oxygen atoms in total. The van der Waals surface area contributed by atoms with Crippen molar-refractivity contribution in [2.45, 2.75) is 6.10 Å². The van der Waals surface area contributed by atoms with Crippen LogP contribution >= 0.6 is 15.9 Å². The molecule has 0 saturated heterocycles. The van der Waals surface area contributed by atoms with Gasteiger partial charge in [-0.25, -0.2) is 0 Å². The molecule has 1 N–H and O–H groups in total. The maximum atomic E-state index is 10.3. The first-order valence-corrected chi connectivity index (χ1v) is 6.21. The van der Waals surface area contributed by atoms with Gasteiger partial charge in [-0.05, 0) is 39.7 Å². The highest BCUT2D eigenvalue weighted by Gasteiger charge is 2.22. The lowest BCUT2D eigenvalue weighted by Crippen LogP contribution is -2.02. The summed E-state index contributed by atoms with van der Waals surface area (Å²) in [5.74, 6) is 1.31. The molecule has 0 aliphatic carbocycles. The fourth-order valence-electron chi connectivity index (χ4n) is 1.89. The van der Waals surface area contributed by atoms with E-state index >= 15 is 0 Å². The summed E-state index contributed by atoms with van der Waals surface area (Å²) in [6.07, 6.45) is 1.01. The zero-order chi connectivity index (χ0) is 12.7. The fourth-order valence-corrected chi connectivity index (χ4v) is 2.47. The number of aryl methyl sites for hydroxylation is 1. The highest BCUT2D eigenvalue weighted by Crippen LogP contribution is 2.41. The number of benzene rings is 1. The normalized spacial score (nSPS) is 14.8. The zero-order valence-electron chi connectivity index (χ0n) is 9.63.